The summed E-state index contributed by atoms with van der Waals surface area (Å²) in [7, 11) is 1.82. The number of carbonyl (C=O) groups is 1. The van der Waals surface area contributed by atoms with Gasteiger partial charge in [-0.15, -0.1) is 0 Å². The molecule has 2 rings (SSSR count). The van der Waals surface area contributed by atoms with E-state index in [0.717, 1.165) is 11.4 Å². The highest BCUT2D eigenvalue weighted by Crippen LogP contribution is 2.21. The van der Waals surface area contributed by atoms with Crippen LogP contribution in [0, 0.1) is 13.8 Å². The molecule has 0 aliphatic rings. The average Bonchev–Trinajstić information content (AvgIpc) is 2.76. The Kier molecular flexibility index (Phi) is 3.17. The van der Waals surface area contributed by atoms with E-state index in [2.05, 4.69) is 5.10 Å². The summed E-state index contributed by atoms with van der Waals surface area (Å²) in [5, 5.41) is 13.9. The van der Waals surface area contributed by atoms with Crippen LogP contribution < -0.4 is 0 Å². The van der Waals surface area contributed by atoms with Crippen molar-refractivity contribution in [1.82, 2.24) is 14.3 Å². The molecule has 0 aliphatic heterocycles. The topological polar surface area (TPSA) is 60.0 Å². The van der Waals surface area contributed by atoms with Crippen LogP contribution in [0.15, 0.2) is 12.3 Å². The van der Waals surface area contributed by atoms with Crippen LogP contribution in [0.2, 0.25) is 5.02 Å². The van der Waals surface area contributed by atoms with Crippen molar-refractivity contribution < 1.29 is 9.90 Å². The van der Waals surface area contributed by atoms with Gasteiger partial charge in [0.05, 0.1) is 28.5 Å². The van der Waals surface area contributed by atoms with E-state index in [1.807, 2.05) is 18.5 Å². The molecule has 5 nitrogen and oxygen atoms in total. The fourth-order valence-electron chi connectivity index (χ4n) is 1.96. The maximum absolute atomic E-state index is 11.0. The second-order valence-electron chi connectivity index (χ2n) is 4.22. The molecule has 0 unspecified atom stereocenters. The SMILES string of the molecule is Cc1nn(C)c(Cn2ccc(C(=O)O)c2C)c1Cl. The van der Waals surface area contributed by atoms with Crippen molar-refractivity contribution in [2.24, 2.45) is 7.05 Å². The molecular weight excluding hydrogens is 254 g/mol. The van der Waals surface area contributed by atoms with Crippen molar-refractivity contribution in [1.29, 1.82) is 0 Å². The lowest BCUT2D eigenvalue weighted by atomic mass is 10.2. The third-order valence-electron chi connectivity index (χ3n) is 3.05. The van der Waals surface area contributed by atoms with Crippen LogP contribution in [-0.2, 0) is 13.6 Å². The molecule has 0 amide bonds. The van der Waals surface area contributed by atoms with Crippen molar-refractivity contribution in [3.63, 3.8) is 0 Å². The Morgan fingerprint density at radius 2 is 2.17 bits per heavy atom. The number of carboxylic acids is 1. The van der Waals surface area contributed by atoms with E-state index in [1.54, 1.807) is 23.9 Å². The molecule has 6 heteroatoms. The highest BCUT2D eigenvalue weighted by Gasteiger charge is 2.15. The van der Waals surface area contributed by atoms with Gasteiger partial charge in [0.25, 0.3) is 0 Å². The van der Waals surface area contributed by atoms with Crippen molar-refractivity contribution in [3.8, 4) is 0 Å². The summed E-state index contributed by atoms with van der Waals surface area (Å²) in [6, 6.07) is 1.59. The number of hydrogen-bond donors (Lipinski definition) is 1. The van der Waals surface area contributed by atoms with Crippen LogP contribution in [0.5, 0.6) is 0 Å². The Bertz CT molecular complexity index is 613. The van der Waals surface area contributed by atoms with E-state index < -0.39 is 5.97 Å². The first-order chi connectivity index (χ1) is 8.41. The van der Waals surface area contributed by atoms with Crippen molar-refractivity contribution in [2.75, 3.05) is 0 Å². The Hall–Kier alpha value is -1.75. The van der Waals surface area contributed by atoms with Gasteiger partial charge in [0, 0.05) is 18.9 Å². The lowest BCUT2D eigenvalue weighted by molar-refractivity contribution is 0.0696. The summed E-state index contributed by atoms with van der Waals surface area (Å²) < 4.78 is 3.57. The summed E-state index contributed by atoms with van der Waals surface area (Å²) >= 11 is 6.17. The maximum atomic E-state index is 11.0. The molecule has 96 valence electrons. The Labute approximate surface area is 110 Å². The second kappa shape index (κ2) is 4.49. The molecule has 0 spiro atoms. The predicted molar refractivity (Wildman–Crippen MR) is 68.2 cm³/mol. The summed E-state index contributed by atoms with van der Waals surface area (Å²) in [6.07, 6.45) is 1.75. The summed E-state index contributed by atoms with van der Waals surface area (Å²) in [6.45, 7) is 4.13. The maximum Gasteiger partial charge on any atom is 0.337 e. The summed E-state index contributed by atoms with van der Waals surface area (Å²) in [5.74, 6) is -0.918. The van der Waals surface area contributed by atoms with E-state index in [9.17, 15) is 4.79 Å². The molecule has 0 saturated carbocycles. The first kappa shape index (κ1) is 12.7. The van der Waals surface area contributed by atoms with Gasteiger partial charge in [-0.1, -0.05) is 11.6 Å². The standard InChI is InChI=1S/C12H14ClN3O2/c1-7-11(13)10(15(3)14-7)6-16-5-4-9(8(16)2)12(17)18/h4-5H,6H2,1-3H3,(H,17,18). The third-order valence-corrected chi connectivity index (χ3v) is 3.55. The van der Waals surface area contributed by atoms with Gasteiger partial charge in [0.2, 0.25) is 0 Å². The van der Waals surface area contributed by atoms with Crippen LogP contribution in [0.4, 0.5) is 0 Å². The number of aryl methyl sites for hydroxylation is 2. The Morgan fingerprint density at radius 1 is 1.50 bits per heavy atom. The molecular formula is C12H14ClN3O2. The third kappa shape index (κ3) is 2.01. The van der Waals surface area contributed by atoms with Crippen LogP contribution >= 0.6 is 11.6 Å². The number of halogens is 1. The lowest BCUT2D eigenvalue weighted by Gasteiger charge is -2.07. The van der Waals surface area contributed by atoms with Gasteiger partial charge >= 0.3 is 5.97 Å². The lowest BCUT2D eigenvalue weighted by Crippen LogP contribution is -2.08. The summed E-state index contributed by atoms with van der Waals surface area (Å²) in [5.41, 5.74) is 2.66. The van der Waals surface area contributed by atoms with Gasteiger partial charge < -0.3 is 9.67 Å². The van der Waals surface area contributed by atoms with E-state index >= 15 is 0 Å². The van der Waals surface area contributed by atoms with Crippen molar-refractivity contribution >= 4 is 17.6 Å². The van der Waals surface area contributed by atoms with Gasteiger partial charge in [-0.3, -0.25) is 4.68 Å². The first-order valence-electron chi connectivity index (χ1n) is 5.48. The monoisotopic (exact) mass is 267 g/mol. The van der Waals surface area contributed by atoms with Crippen molar-refractivity contribution in [3.05, 3.63) is 39.9 Å². The van der Waals surface area contributed by atoms with Gasteiger partial charge in [0.1, 0.15) is 0 Å². The van der Waals surface area contributed by atoms with Crippen LogP contribution in [-0.4, -0.2) is 25.4 Å². The number of hydrogen-bond acceptors (Lipinski definition) is 2. The molecule has 2 heterocycles. The van der Waals surface area contributed by atoms with Gasteiger partial charge in [-0.05, 0) is 19.9 Å². The van der Waals surface area contributed by atoms with Crippen LogP contribution in [0.3, 0.4) is 0 Å². The molecule has 0 atom stereocenters. The minimum Gasteiger partial charge on any atom is -0.478 e. The largest absolute Gasteiger partial charge is 0.478 e. The van der Waals surface area contributed by atoms with E-state index in [0.29, 0.717) is 22.8 Å². The highest BCUT2D eigenvalue weighted by molar-refractivity contribution is 6.31. The molecule has 0 aliphatic carbocycles. The molecule has 0 saturated heterocycles. The molecule has 1 N–H and O–H groups in total. The highest BCUT2D eigenvalue weighted by atomic mass is 35.5. The van der Waals surface area contributed by atoms with E-state index in [4.69, 9.17) is 16.7 Å². The Balaban J connectivity index is 2.38. The summed E-state index contributed by atoms with van der Waals surface area (Å²) in [4.78, 5) is 11.0. The zero-order valence-electron chi connectivity index (χ0n) is 10.4. The fourth-order valence-corrected chi connectivity index (χ4v) is 2.18. The smallest absolute Gasteiger partial charge is 0.337 e. The molecule has 18 heavy (non-hydrogen) atoms. The van der Waals surface area contributed by atoms with Crippen LogP contribution in [0.25, 0.3) is 0 Å². The second-order valence-corrected chi connectivity index (χ2v) is 4.60. The molecule has 0 aromatic carbocycles. The molecule has 0 radical (unpaired) electrons. The fraction of sp³-hybridized carbons (Fsp3) is 0.333. The number of nitrogens with zero attached hydrogens (tertiary/aromatic N) is 3. The number of aromatic nitrogens is 3. The molecule has 0 bridgehead atoms. The predicted octanol–water partition coefficient (Wildman–Crippen LogP) is 2.24. The number of carboxylic acid groups (broad SMARTS) is 1. The van der Waals surface area contributed by atoms with Gasteiger partial charge in [-0.25, -0.2) is 4.79 Å². The minimum absolute atomic E-state index is 0.310. The van der Waals surface area contributed by atoms with Crippen LogP contribution in [0.1, 0.15) is 27.4 Å². The molecule has 0 fully saturated rings. The van der Waals surface area contributed by atoms with Gasteiger partial charge in [-0.2, -0.15) is 5.10 Å². The number of aromatic carboxylic acids is 1. The normalized spacial score (nSPS) is 10.9. The molecule has 2 aromatic heterocycles. The van der Waals surface area contributed by atoms with E-state index in [-0.39, 0.29) is 0 Å². The zero-order chi connectivity index (χ0) is 13.4. The number of rotatable bonds is 3. The average molecular weight is 268 g/mol. The quantitative estimate of drug-likeness (QED) is 0.928. The minimum atomic E-state index is -0.918. The first-order valence-corrected chi connectivity index (χ1v) is 5.86. The zero-order valence-corrected chi connectivity index (χ0v) is 11.2. The van der Waals surface area contributed by atoms with E-state index in [1.165, 1.54) is 0 Å². The Morgan fingerprint density at radius 3 is 2.61 bits per heavy atom. The van der Waals surface area contributed by atoms with Crippen molar-refractivity contribution in [2.45, 2.75) is 20.4 Å². The molecule has 2 aromatic rings. The van der Waals surface area contributed by atoms with Gasteiger partial charge in [0.15, 0.2) is 0 Å².